The number of benzene rings is 3. The molecule has 1 aromatic heterocycles. The molecular formula is C24H25N5O2. The minimum absolute atomic E-state index is 0.317. The Morgan fingerprint density at radius 1 is 0.935 bits per heavy atom. The van der Waals surface area contributed by atoms with Crippen LogP contribution in [0.25, 0.3) is 10.9 Å². The molecule has 4 rings (SSSR count). The minimum atomic E-state index is -0.317. The highest BCUT2D eigenvalue weighted by molar-refractivity contribution is 6.00. The Morgan fingerprint density at radius 3 is 2.35 bits per heavy atom. The molecule has 0 aliphatic rings. The van der Waals surface area contributed by atoms with E-state index in [1.165, 1.54) is 0 Å². The van der Waals surface area contributed by atoms with Crippen molar-refractivity contribution in [3.05, 3.63) is 79.0 Å². The lowest BCUT2D eigenvalue weighted by Crippen LogP contribution is -2.19. The molecule has 4 aromatic rings. The number of carbonyl (C=O) groups is 1. The first kappa shape index (κ1) is 20.4. The van der Waals surface area contributed by atoms with E-state index in [4.69, 9.17) is 4.74 Å². The molecule has 0 atom stereocenters. The van der Waals surface area contributed by atoms with E-state index in [0.29, 0.717) is 17.1 Å². The summed E-state index contributed by atoms with van der Waals surface area (Å²) in [5.74, 6) is 1.47. The number of nitrogens with zero attached hydrogens (tertiary/aromatic N) is 3. The number of urea groups is 1. The fourth-order valence-corrected chi connectivity index (χ4v) is 3.09. The van der Waals surface area contributed by atoms with Gasteiger partial charge in [-0.2, -0.15) is 5.10 Å². The summed E-state index contributed by atoms with van der Waals surface area (Å²) in [6, 6.07) is 22.2. The molecular weight excluding hydrogens is 390 g/mol. The van der Waals surface area contributed by atoms with Gasteiger partial charge in [0.15, 0.2) is 0 Å². The van der Waals surface area contributed by atoms with E-state index in [9.17, 15) is 4.79 Å². The standard InChI is InChI=1S/C24H25N5O2/c1-28(2)14-15-29-17-18-8-9-20(16-23(18)27-29)26-24(30)25-19-10-12-22(13-11-19)31-21-6-4-3-5-7-21/h3-13,16-17H,14-15H2,1-2H3,(H2,25,26,30). The van der Waals surface area contributed by atoms with Crippen LogP contribution in [-0.2, 0) is 6.54 Å². The van der Waals surface area contributed by atoms with Crippen LogP contribution >= 0.6 is 0 Å². The zero-order valence-electron chi connectivity index (χ0n) is 17.6. The van der Waals surface area contributed by atoms with Gasteiger partial charge in [0.1, 0.15) is 11.5 Å². The Balaban J connectivity index is 1.35. The lowest BCUT2D eigenvalue weighted by Gasteiger charge is -2.09. The molecule has 1 heterocycles. The Morgan fingerprint density at radius 2 is 1.61 bits per heavy atom. The van der Waals surface area contributed by atoms with Crippen molar-refractivity contribution in [2.75, 3.05) is 31.3 Å². The second kappa shape index (κ2) is 9.32. The molecule has 0 spiro atoms. The summed E-state index contributed by atoms with van der Waals surface area (Å²) in [5.41, 5.74) is 2.21. The number of aromatic nitrogens is 2. The van der Waals surface area contributed by atoms with Crippen LogP contribution in [0.5, 0.6) is 11.5 Å². The number of ether oxygens (including phenoxy) is 1. The van der Waals surface area contributed by atoms with Gasteiger partial charge in [-0.05, 0) is 68.7 Å². The van der Waals surface area contributed by atoms with E-state index in [1.807, 2.05) is 85.6 Å². The average molecular weight is 415 g/mol. The van der Waals surface area contributed by atoms with Crippen LogP contribution in [0.15, 0.2) is 79.0 Å². The average Bonchev–Trinajstić information content (AvgIpc) is 3.17. The third kappa shape index (κ3) is 5.61. The number of rotatable bonds is 7. The summed E-state index contributed by atoms with van der Waals surface area (Å²) in [6.07, 6.45) is 2.02. The maximum Gasteiger partial charge on any atom is 0.323 e. The van der Waals surface area contributed by atoms with Gasteiger partial charge in [-0.25, -0.2) is 4.79 Å². The largest absolute Gasteiger partial charge is 0.457 e. The third-order valence-electron chi connectivity index (χ3n) is 4.68. The van der Waals surface area contributed by atoms with Crippen molar-refractivity contribution in [3.63, 3.8) is 0 Å². The van der Waals surface area contributed by atoms with E-state index in [1.54, 1.807) is 12.1 Å². The van der Waals surface area contributed by atoms with Crippen molar-refractivity contribution in [3.8, 4) is 11.5 Å². The Kier molecular flexibility index (Phi) is 6.14. The molecule has 0 radical (unpaired) electrons. The normalized spacial score (nSPS) is 10.9. The maximum atomic E-state index is 12.4. The maximum absolute atomic E-state index is 12.4. The molecule has 7 nitrogen and oxygen atoms in total. The fourth-order valence-electron chi connectivity index (χ4n) is 3.09. The molecule has 2 amide bonds. The van der Waals surface area contributed by atoms with E-state index >= 15 is 0 Å². The predicted octanol–water partition coefficient (Wildman–Crippen LogP) is 5.03. The van der Waals surface area contributed by atoms with Gasteiger partial charge in [0.25, 0.3) is 0 Å². The van der Waals surface area contributed by atoms with Gasteiger partial charge in [-0.1, -0.05) is 18.2 Å². The van der Waals surface area contributed by atoms with Gasteiger partial charge < -0.3 is 20.3 Å². The quantitative estimate of drug-likeness (QED) is 0.444. The molecule has 158 valence electrons. The number of hydrogen-bond acceptors (Lipinski definition) is 4. The zero-order valence-corrected chi connectivity index (χ0v) is 17.6. The molecule has 0 aliphatic carbocycles. The van der Waals surface area contributed by atoms with Crippen LogP contribution in [0.3, 0.4) is 0 Å². The van der Waals surface area contributed by atoms with Gasteiger partial charge in [0.05, 0.1) is 12.1 Å². The molecule has 0 bridgehead atoms. The summed E-state index contributed by atoms with van der Waals surface area (Å²) < 4.78 is 7.69. The molecule has 0 unspecified atom stereocenters. The second-order valence-electron chi connectivity index (χ2n) is 7.49. The molecule has 0 fully saturated rings. The first-order valence-corrected chi connectivity index (χ1v) is 10.1. The SMILES string of the molecule is CN(C)CCn1cc2ccc(NC(=O)Nc3ccc(Oc4ccccc4)cc3)cc2n1. The van der Waals surface area contributed by atoms with Crippen LogP contribution in [0.1, 0.15) is 0 Å². The van der Waals surface area contributed by atoms with Gasteiger partial charge in [0.2, 0.25) is 0 Å². The van der Waals surface area contributed by atoms with Crippen LogP contribution in [0.2, 0.25) is 0 Å². The smallest absolute Gasteiger partial charge is 0.323 e. The molecule has 2 N–H and O–H groups in total. The number of para-hydroxylation sites is 1. The number of amides is 2. The highest BCUT2D eigenvalue weighted by Gasteiger charge is 2.07. The van der Waals surface area contributed by atoms with Crippen LogP contribution in [-0.4, -0.2) is 41.4 Å². The highest BCUT2D eigenvalue weighted by atomic mass is 16.5. The summed E-state index contributed by atoms with van der Waals surface area (Å²) in [4.78, 5) is 14.5. The Hall–Kier alpha value is -3.84. The number of anilines is 2. The topological polar surface area (TPSA) is 71.4 Å². The third-order valence-corrected chi connectivity index (χ3v) is 4.68. The fraction of sp³-hybridized carbons (Fsp3) is 0.167. The molecule has 0 saturated carbocycles. The monoisotopic (exact) mass is 415 g/mol. The van der Waals surface area contributed by atoms with E-state index < -0.39 is 0 Å². The number of nitrogens with one attached hydrogen (secondary N) is 2. The number of hydrogen-bond donors (Lipinski definition) is 2. The van der Waals surface area contributed by atoms with Gasteiger partial charge in [-0.15, -0.1) is 0 Å². The first-order valence-electron chi connectivity index (χ1n) is 10.1. The molecule has 7 heteroatoms. The first-order chi connectivity index (χ1) is 15.0. The summed E-state index contributed by atoms with van der Waals surface area (Å²) in [6.45, 7) is 1.73. The highest BCUT2D eigenvalue weighted by Crippen LogP contribution is 2.23. The van der Waals surface area contributed by atoms with Crippen LogP contribution in [0, 0.1) is 0 Å². The number of likely N-dealkylation sites (N-methyl/N-ethyl adjacent to an activating group) is 1. The van der Waals surface area contributed by atoms with Gasteiger partial charge in [0, 0.05) is 29.5 Å². The lowest BCUT2D eigenvalue weighted by atomic mass is 10.2. The van der Waals surface area contributed by atoms with Crippen LogP contribution < -0.4 is 15.4 Å². The number of carbonyl (C=O) groups excluding carboxylic acids is 1. The predicted molar refractivity (Wildman–Crippen MR) is 124 cm³/mol. The molecule has 0 saturated heterocycles. The number of fused-ring (bicyclic) bond motifs is 1. The van der Waals surface area contributed by atoms with Crippen molar-refractivity contribution in [1.82, 2.24) is 14.7 Å². The van der Waals surface area contributed by atoms with Crippen molar-refractivity contribution < 1.29 is 9.53 Å². The molecule has 3 aromatic carbocycles. The van der Waals surface area contributed by atoms with Crippen LogP contribution in [0.4, 0.5) is 16.2 Å². The summed E-state index contributed by atoms with van der Waals surface area (Å²) in [7, 11) is 4.07. The molecule has 0 aliphatic heterocycles. The van der Waals surface area contributed by atoms with E-state index in [-0.39, 0.29) is 6.03 Å². The van der Waals surface area contributed by atoms with E-state index in [2.05, 4.69) is 20.6 Å². The van der Waals surface area contributed by atoms with Crippen molar-refractivity contribution in [2.45, 2.75) is 6.54 Å². The van der Waals surface area contributed by atoms with Crippen molar-refractivity contribution in [2.24, 2.45) is 0 Å². The van der Waals surface area contributed by atoms with E-state index in [0.717, 1.165) is 29.7 Å². The molecule has 31 heavy (non-hydrogen) atoms. The van der Waals surface area contributed by atoms with Gasteiger partial charge >= 0.3 is 6.03 Å². The minimum Gasteiger partial charge on any atom is -0.457 e. The summed E-state index contributed by atoms with van der Waals surface area (Å²) >= 11 is 0. The second-order valence-corrected chi connectivity index (χ2v) is 7.49. The Labute approximate surface area is 181 Å². The summed E-state index contributed by atoms with van der Waals surface area (Å²) in [5, 5.41) is 11.3. The van der Waals surface area contributed by atoms with Crippen molar-refractivity contribution >= 4 is 28.3 Å². The lowest BCUT2D eigenvalue weighted by molar-refractivity contribution is 0.262. The van der Waals surface area contributed by atoms with Gasteiger partial charge in [-0.3, -0.25) is 4.68 Å². The zero-order chi connectivity index (χ0) is 21.6. The van der Waals surface area contributed by atoms with Crippen molar-refractivity contribution in [1.29, 1.82) is 0 Å². The Bertz CT molecular complexity index is 1150.